The molecule has 1 aromatic heterocycles. The Kier molecular flexibility index (Phi) is 4.42. The third kappa shape index (κ3) is 4.16. The number of nitrogens with one attached hydrogen (secondary N) is 1. The molecule has 0 aliphatic carbocycles. The van der Waals surface area contributed by atoms with Gasteiger partial charge in [-0.05, 0) is 39.3 Å². The second kappa shape index (κ2) is 5.62. The summed E-state index contributed by atoms with van der Waals surface area (Å²) in [6.45, 7) is 5.37. The molecule has 2 N–H and O–H groups in total. The lowest BCUT2D eigenvalue weighted by Gasteiger charge is -2.25. The average molecular weight is 250 g/mol. The number of carboxylic acids is 1. The Labute approximate surface area is 106 Å². The molecule has 5 heteroatoms. The number of aromatic nitrogens is 1. The molecule has 0 atom stereocenters. The molecule has 0 aromatic carbocycles. The normalized spacial score (nSPS) is 11.1. The SMILES string of the molecule is Cc1ncccc1C(=O)NC(C)(C)CCC(=O)O. The topological polar surface area (TPSA) is 79.3 Å². The third-order valence-electron chi connectivity index (χ3n) is 2.67. The fourth-order valence-corrected chi connectivity index (χ4v) is 1.58. The van der Waals surface area contributed by atoms with Gasteiger partial charge in [-0.15, -0.1) is 0 Å². The average Bonchev–Trinajstić information content (AvgIpc) is 2.26. The van der Waals surface area contributed by atoms with Crippen molar-refractivity contribution in [2.24, 2.45) is 0 Å². The van der Waals surface area contributed by atoms with Crippen LogP contribution in [-0.2, 0) is 4.79 Å². The molecule has 1 aromatic rings. The first-order valence-electron chi connectivity index (χ1n) is 5.78. The lowest BCUT2D eigenvalue weighted by atomic mass is 9.97. The molecular formula is C13H18N2O3. The summed E-state index contributed by atoms with van der Waals surface area (Å²) in [7, 11) is 0. The van der Waals surface area contributed by atoms with Gasteiger partial charge in [0, 0.05) is 23.9 Å². The Balaban J connectivity index is 2.69. The lowest BCUT2D eigenvalue weighted by molar-refractivity contribution is -0.137. The van der Waals surface area contributed by atoms with Crippen LogP contribution in [0.1, 0.15) is 42.7 Å². The van der Waals surface area contributed by atoms with Crippen LogP contribution < -0.4 is 5.32 Å². The molecule has 98 valence electrons. The van der Waals surface area contributed by atoms with Crippen molar-refractivity contribution in [1.82, 2.24) is 10.3 Å². The number of carboxylic acid groups (broad SMARTS) is 1. The molecule has 5 nitrogen and oxygen atoms in total. The number of amides is 1. The van der Waals surface area contributed by atoms with Crippen molar-refractivity contribution < 1.29 is 14.7 Å². The molecule has 0 fully saturated rings. The van der Waals surface area contributed by atoms with Gasteiger partial charge in [-0.25, -0.2) is 0 Å². The third-order valence-corrected chi connectivity index (χ3v) is 2.67. The Bertz CT molecular complexity index is 455. The monoisotopic (exact) mass is 250 g/mol. The number of hydrogen-bond donors (Lipinski definition) is 2. The van der Waals surface area contributed by atoms with Gasteiger partial charge in [0.15, 0.2) is 0 Å². The van der Waals surface area contributed by atoms with E-state index in [1.807, 2.05) is 0 Å². The van der Waals surface area contributed by atoms with E-state index in [1.165, 1.54) is 0 Å². The van der Waals surface area contributed by atoms with Crippen molar-refractivity contribution >= 4 is 11.9 Å². The van der Waals surface area contributed by atoms with E-state index in [0.29, 0.717) is 17.7 Å². The maximum atomic E-state index is 12.0. The molecule has 0 saturated heterocycles. The number of pyridine rings is 1. The molecule has 1 amide bonds. The van der Waals surface area contributed by atoms with Crippen LogP contribution in [0.3, 0.4) is 0 Å². The van der Waals surface area contributed by atoms with Crippen LogP contribution >= 0.6 is 0 Å². The number of hydrogen-bond acceptors (Lipinski definition) is 3. The summed E-state index contributed by atoms with van der Waals surface area (Å²) in [5.41, 5.74) is 0.613. The smallest absolute Gasteiger partial charge is 0.303 e. The van der Waals surface area contributed by atoms with Gasteiger partial charge in [-0.3, -0.25) is 14.6 Å². The molecule has 0 aliphatic rings. The zero-order valence-corrected chi connectivity index (χ0v) is 10.9. The van der Waals surface area contributed by atoms with Gasteiger partial charge in [0.2, 0.25) is 0 Å². The maximum absolute atomic E-state index is 12.0. The van der Waals surface area contributed by atoms with Gasteiger partial charge in [0.1, 0.15) is 0 Å². The van der Waals surface area contributed by atoms with E-state index in [1.54, 1.807) is 39.1 Å². The number of rotatable bonds is 5. The number of carbonyl (C=O) groups excluding carboxylic acids is 1. The predicted octanol–water partition coefficient (Wildman–Crippen LogP) is 1.76. The van der Waals surface area contributed by atoms with Gasteiger partial charge in [-0.2, -0.15) is 0 Å². The highest BCUT2D eigenvalue weighted by atomic mass is 16.4. The summed E-state index contributed by atoms with van der Waals surface area (Å²) >= 11 is 0. The highest BCUT2D eigenvalue weighted by Crippen LogP contribution is 2.13. The van der Waals surface area contributed by atoms with Crippen molar-refractivity contribution in [2.45, 2.75) is 39.2 Å². The minimum atomic E-state index is -0.866. The molecule has 1 heterocycles. The molecule has 0 radical (unpaired) electrons. The van der Waals surface area contributed by atoms with E-state index >= 15 is 0 Å². The second-order valence-electron chi connectivity index (χ2n) is 4.87. The van der Waals surface area contributed by atoms with Crippen LogP contribution in [0, 0.1) is 6.92 Å². The molecule has 0 aliphatic heterocycles. The highest BCUT2D eigenvalue weighted by Gasteiger charge is 2.22. The first kappa shape index (κ1) is 14.2. The van der Waals surface area contributed by atoms with Crippen LogP contribution in [0.15, 0.2) is 18.3 Å². The zero-order valence-electron chi connectivity index (χ0n) is 10.9. The minimum absolute atomic E-state index is 0.0271. The van der Waals surface area contributed by atoms with Gasteiger partial charge in [-0.1, -0.05) is 0 Å². The second-order valence-corrected chi connectivity index (χ2v) is 4.87. The van der Waals surface area contributed by atoms with Gasteiger partial charge in [0.25, 0.3) is 5.91 Å². The number of aliphatic carboxylic acids is 1. The van der Waals surface area contributed by atoms with E-state index < -0.39 is 11.5 Å². The van der Waals surface area contributed by atoms with Crippen molar-refractivity contribution in [3.05, 3.63) is 29.6 Å². The van der Waals surface area contributed by atoms with Crippen molar-refractivity contribution in [1.29, 1.82) is 0 Å². The van der Waals surface area contributed by atoms with Gasteiger partial charge < -0.3 is 10.4 Å². The Morgan fingerprint density at radius 2 is 2.11 bits per heavy atom. The van der Waals surface area contributed by atoms with E-state index in [4.69, 9.17) is 5.11 Å². The largest absolute Gasteiger partial charge is 0.481 e. The van der Waals surface area contributed by atoms with Crippen LogP contribution in [0.5, 0.6) is 0 Å². The first-order valence-corrected chi connectivity index (χ1v) is 5.78. The summed E-state index contributed by atoms with van der Waals surface area (Å²) in [6, 6.07) is 3.40. The zero-order chi connectivity index (χ0) is 13.8. The number of nitrogens with zero attached hydrogens (tertiary/aromatic N) is 1. The minimum Gasteiger partial charge on any atom is -0.481 e. The fourth-order valence-electron chi connectivity index (χ4n) is 1.58. The predicted molar refractivity (Wildman–Crippen MR) is 67.4 cm³/mol. The molecule has 18 heavy (non-hydrogen) atoms. The summed E-state index contributed by atoms with van der Waals surface area (Å²) in [5.74, 6) is -1.09. The number of aryl methyl sites for hydroxylation is 1. The van der Waals surface area contributed by atoms with Crippen molar-refractivity contribution in [3.63, 3.8) is 0 Å². The standard InChI is InChI=1S/C13H18N2O3/c1-9-10(5-4-8-14-9)12(18)15-13(2,3)7-6-11(16)17/h4-5,8H,6-7H2,1-3H3,(H,15,18)(H,16,17). The summed E-state index contributed by atoms with van der Waals surface area (Å²) in [4.78, 5) is 26.6. The van der Waals surface area contributed by atoms with Crippen LogP contribution in [0.2, 0.25) is 0 Å². The molecule has 0 saturated carbocycles. The van der Waals surface area contributed by atoms with Gasteiger partial charge in [0.05, 0.1) is 5.56 Å². The molecule has 0 bridgehead atoms. The quantitative estimate of drug-likeness (QED) is 0.834. The van der Waals surface area contributed by atoms with Crippen LogP contribution in [0.25, 0.3) is 0 Å². The van der Waals surface area contributed by atoms with Crippen molar-refractivity contribution in [2.75, 3.05) is 0 Å². The number of carbonyl (C=O) groups is 2. The molecular weight excluding hydrogens is 232 g/mol. The summed E-state index contributed by atoms with van der Waals surface area (Å²) in [6.07, 6.45) is 2.04. The van der Waals surface area contributed by atoms with Crippen molar-refractivity contribution in [3.8, 4) is 0 Å². The van der Waals surface area contributed by atoms with E-state index in [-0.39, 0.29) is 12.3 Å². The van der Waals surface area contributed by atoms with Gasteiger partial charge >= 0.3 is 5.97 Å². The van der Waals surface area contributed by atoms with E-state index in [2.05, 4.69) is 10.3 Å². The Hall–Kier alpha value is -1.91. The van der Waals surface area contributed by atoms with E-state index in [9.17, 15) is 9.59 Å². The fraction of sp³-hybridized carbons (Fsp3) is 0.462. The summed E-state index contributed by atoms with van der Waals surface area (Å²) < 4.78 is 0. The van der Waals surface area contributed by atoms with Crippen LogP contribution in [-0.4, -0.2) is 27.5 Å². The highest BCUT2D eigenvalue weighted by molar-refractivity contribution is 5.95. The first-order chi connectivity index (χ1) is 8.32. The lowest BCUT2D eigenvalue weighted by Crippen LogP contribution is -2.44. The Morgan fingerprint density at radius 1 is 1.44 bits per heavy atom. The molecule has 0 unspecified atom stereocenters. The van der Waals surface area contributed by atoms with Crippen LogP contribution in [0.4, 0.5) is 0 Å². The van der Waals surface area contributed by atoms with E-state index in [0.717, 1.165) is 0 Å². The molecule has 0 spiro atoms. The molecule has 1 rings (SSSR count). The summed E-state index contributed by atoms with van der Waals surface area (Å²) in [5, 5.41) is 11.5. The maximum Gasteiger partial charge on any atom is 0.303 e. The Morgan fingerprint density at radius 3 is 2.67 bits per heavy atom.